The van der Waals surface area contributed by atoms with Gasteiger partial charge in [0.05, 0.1) is 12.0 Å². The molecule has 0 aliphatic rings. The van der Waals surface area contributed by atoms with Crippen molar-refractivity contribution >= 4 is 46.9 Å². The van der Waals surface area contributed by atoms with Gasteiger partial charge in [-0.1, -0.05) is 39.3 Å². The Labute approximate surface area is 242 Å². The Balaban J connectivity index is 2.74. The number of rotatable bonds is 20. The molecule has 0 bridgehead atoms. The lowest BCUT2D eigenvalue weighted by molar-refractivity contribution is -0.143. The standard InChI is InChI=1S/C29H46N4O6S/c1-6-19(2)24(27(36)31-14-7-8-23(34)16-20(3)28(37)38)17-26(35)25(13-15-40-5)33-29(39)32-22-11-9-21(10-12-22)18-30-4/h9-12,19-20,24-25,30H,6-8,13-18H2,1-5H3,(H,31,36)(H,37,38)(H2,32,33,39)/t19-,20?,24-,25-/m0/s1. The third-order valence-corrected chi connectivity index (χ3v) is 7.52. The summed E-state index contributed by atoms with van der Waals surface area (Å²) < 4.78 is 0. The highest BCUT2D eigenvalue weighted by molar-refractivity contribution is 7.98. The molecule has 0 spiro atoms. The summed E-state index contributed by atoms with van der Waals surface area (Å²) >= 11 is 1.57. The van der Waals surface area contributed by atoms with Crippen LogP contribution < -0.4 is 21.3 Å². The van der Waals surface area contributed by atoms with E-state index in [1.54, 1.807) is 23.9 Å². The lowest BCUT2D eigenvalue weighted by Crippen LogP contribution is -2.45. The monoisotopic (exact) mass is 578 g/mol. The number of Topliss-reactive ketones (excluding diaryl/α,β-unsaturated/α-hetero) is 2. The van der Waals surface area contributed by atoms with Gasteiger partial charge in [0.1, 0.15) is 5.78 Å². The number of aliphatic carboxylic acids is 1. The molecular weight excluding hydrogens is 532 g/mol. The van der Waals surface area contributed by atoms with Crippen molar-refractivity contribution in [3.8, 4) is 0 Å². The van der Waals surface area contributed by atoms with Gasteiger partial charge in [-0.2, -0.15) is 11.8 Å². The van der Waals surface area contributed by atoms with E-state index >= 15 is 0 Å². The number of thioether (sulfide) groups is 1. The topological polar surface area (TPSA) is 154 Å². The zero-order valence-corrected chi connectivity index (χ0v) is 25.2. The van der Waals surface area contributed by atoms with Crippen LogP contribution in [0.25, 0.3) is 0 Å². The SMILES string of the molecule is CC[C@H](C)[C@H](CC(=O)[C@H](CCSC)NC(=O)Nc1ccc(CNC)cc1)C(=O)NCCCC(=O)CC(C)C(=O)O. The molecule has 5 N–H and O–H groups in total. The number of hydrogen-bond donors (Lipinski definition) is 5. The van der Waals surface area contributed by atoms with Gasteiger partial charge >= 0.3 is 12.0 Å². The molecule has 3 amide bonds. The number of nitrogens with one attached hydrogen (secondary N) is 4. The summed E-state index contributed by atoms with van der Waals surface area (Å²) in [7, 11) is 1.86. The molecule has 0 aliphatic heterocycles. The minimum absolute atomic E-state index is 0.00601. The Morgan fingerprint density at radius 3 is 2.27 bits per heavy atom. The van der Waals surface area contributed by atoms with E-state index in [-0.39, 0.29) is 49.2 Å². The average Bonchev–Trinajstić information content (AvgIpc) is 2.92. The van der Waals surface area contributed by atoms with Crippen LogP contribution in [0.1, 0.15) is 64.9 Å². The summed E-state index contributed by atoms with van der Waals surface area (Å²) in [5, 5.41) is 20.4. The van der Waals surface area contributed by atoms with E-state index in [1.165, 1.54) is 6.92 Å². The summed E-state index contributed by atoms with van der Waals surface area (Å²) in [6, 6.07) is 6.20. The van der Waals surface area contributed by atoms with Crippen LogP contribution >= 0.6 is 11.8 Å². The molecule has 0 radical (unpaired) electrons. The quantitative estimate of drug-likeness (QED) is 0.146. The summed E-state index contributed by atoms with van der Waals surface area (Å²) in [6.45, 7) is 6.34. The van der Waals surface area contributed by atoms with E-state index in [0.29, 0.717) is 37.2 Å². The fourth-order valence-corrected chi connectivity index (χ4v) is 4.61. The third kappa shape index (κ3) is 13.4. The molecule has 0 aliphatic carbocycles. The maximum absolute atomic E-state index is 13.3. The van der Waals surface area contributed by atoms with Crippen molar-refractivity contribution in [2.24, 2.45) is 17.8 Å². The van der Waals surface area contributed by atoms with E-state index in [1.807, 2.05) is 39.3 Å². The second kappa shape index (κ2) is 19.2. The number of amides is 3. The number of ketones is 2. The lowest BCUT2D eigenvalue weighted by Gasteiger charge is -2.25. The fraction of sp³-hybridized carbons (Fsp3) is 0.621. The maximum Gasteiger partial charge on any atom is 0.319 e. The van der Waals surface area contributed by atoms with Crippen molar-refractivity contribution in [2.75, 3.05) is 30.9 Å². The first-order chi connectivity index (χ1) is 19.0. The first-order valence-electron chi connectivity index (χ1n) is 13.9. The van der Waals surface area contributed by atoms with E-state index in [9.17, 15) is 24.0 Å². The molecule has 1 aromatic carbocycles. The van der Waals surface area contributed by atoms with Crippen molar-refractivity contribution in [3.63, 3.8) is 0 Å². The first kappa shape index (κ1) is 35.1. The summed E-state index contributed by atoms with van der Waals surface area (Å²) in [6.07, 6.45) is 3.60. The Bertz CT molecular complexity index is 972. The molecule has 0 saturated heterocycles. The Kier molecular flexibility index (Phi) is 16.9. The van der Waals surface area contributed by atoms with Gasteiger partial charge in [0.2, 0.25) is 5.91 Å². The molecule has 0 aromatic heterocycles. The number of carbonyl (C=O) groups excluding carboxylic acids is 4. The summed E-state index contributed by atoms with van der Waals surface area (Å²) in [4.78, 5) is 62.0. The normalized spacial score (nSPS) is 13.9. The fourth-order valence-electron chi connectivity index (χ4n) is 4.14. The lowest BCUT2D eigenvalue weighted by atomic mass is 9.85. The zero-order chi connectivity index (χ0) is 30.1. The predicted octanol–water partition coefficient (Wildman–Crippen LogP) is 3.85. The van der Waals surface area contributed by atoms with Crippen molar-refractivity contribution in [1.82, 2.24) is 16.0 Å². The van der Waals surface area contributed by atoms with Crippen LogP contribution in [0.15, 0.2) is 24.3 Å². The van der Waals surface area contributed by atoms with Crippen molar-refractivity contribution < 1.29 is 29.1 Å². The van der Waals surface area contributed by atoms with Crippen LogP contribution in [-0.4, -0.2) is 66.2 Å². The van der Waals surface area contributed by atoms with E-state index in [4.69, 9.17) is 5.11 Å². The van der Waals surface area contributed by atoms with Crippen LogP contribution in [0.4, 0.5) is 10.5 Å². The number of carboxylic acids is 1. The first-order valence-corrected chi connectivity index (χ1v) is 15.3. The van der Waals surface area contributed by atoms with Crippen LogP contribution in [0.2, 0.25) is 0 Å². The summed E-state index contributed by atoms with van der Waals surface area (Å²) in [5.74, 6) is -2.33. The highest BCUT2D eigenvalue weighted by Crippen LogP contribution is 2.22. The number of carboxylic acid groups (broad SMARTS) is 1. The number of anilines is 1. The van der Waals surface area contributed by atoms with Crippen LogP contribution in [0, 0.1) is 17.8 Å². The van der Waals surface area contributed by atoms with E-state index < -0.39 is 29.9 Å². The van der Waals surface area contributed by atoms with Crippen LogP contribution in [0.5, 0.6) is 0 Å². The molecule has 1 unspecified atom stereocenters. The molecule has 1 rings (SSSR count). The molecule has 10 nitrogen and oxygen atoms in total. The molecule has 0 saturated carbocycles. The largest absolute Gasteiger partial charge is 0.481 e. The number of carbonyl (C=O) groups is 5. The van der Waals surface area contributed by atoms with Gasteiger partial charge in [-0.05, 0) is 55.5 Å². The highest BCUT2D eigenvalue weighted by atomic mass is 32.2. The number of hydrogen-bond acceptors (Lipinski definition) is 7. The second-order valence-electron chi connectivity index (χ2n) is 10.2. The van der Waals surface area contributed by atoms with Crippen molar-refractivity contribution in [2.45, 2.75) is 71.9 Å². The zero-order valence-electron chi connectivity index (χ0n) is 24.4. The van der Waals surface area contributed by atoms with Crippen LogP contribution in [-0.2, 0) is 25.7 Å². The van der Waals surface area contributed by atoms with Gasteiger partial charge in [-0.25, -0.2) is 4.79 Å². The molecule has 1 aromatic rings. The minimum Gasteiger partial charge on any atom is -0.481 e. The van der Waals surface area contributed by atoms with Crippen molar-refractivity contribution in [3.05, 3.63) is 29.8 Å². The average molecular weight is 579 g/mol. The van der Waals surface area contributed by atoms with Gasteiger partial charge in [0, 0.05) is 44.0 Å². The minimum atomic E-state index is -1.01. The maximum atomic E-state index is 13.3. The molecule has 4 atom stereocenters. The van der Waals surface area contributed by atoms with Gasteiger partial charge < -0.3 is 26.4 Å². The summed E-state index contributed by atoms with van der Waals surface area (Å²) in [5.41, 5.74) is 1.69. The molecule has 40 heavy (non-hydrogen) atoms. The van der Waals surface area contributed by atoms with E-state index in [0.717, 1.165) is 5.56 Å². The third-order valence-electron chi connectivity index (χ3n) is 6.87. The molecule has 224 valence electrons. The number of benzene rings is 1. The Hall–Kier alpha value is -2.92. The van der Waals surface area contributed by atoms with Gasteiger partial charge in [0.15, 0.2) is 5.78 Å². The molecule has 0 heterocycles. The van der Waals surface area contributed by atoms with Gasteiger partial charge in [0.25, 0.3) is 0 Å². The second-order valence-corrected chi connectivity index (χ2v) is 11.2. The Morgan fingerprint density at radius 2 is 1.70 bits per heavy atom. The highest BCUT2D eigenvalue weighted by Gasteiger charge is 2.30. The smallest absolute Gasteiger partial charge is 0.319 e. The van der Waals surface area contributed by atoms with Crippen LogP contribution in [0.3, 0.4) is 0 Å². The predicted molar refractivity (Wildman–Crippen MR) is 159 cm³/mol. The molecule has 0 fully saturated rings. The number of urea groups is 1. The van der Waals surface area contributed by atoms with E-state index in [2.05, 4.69) is 21.3 Å². The molecular formula is C29H46N4O6S. The Morgan fingerprint density at radius 1 is 1.02 bits per heavy atom. The molecule has 11 heteroatoms. The van der Waals surface area contributed by atoms with Gasteiger partial charge in [-0.3, -0.25) is 19.2 Å². The van der Waals surface area contributed by atoms with Gasteiger partial charge in [-0.15, -0.1) is 0 Å². The van der Waals surface area contributed by atoms with Crippen molar-refractivity contribution in [1.29, 1.82) is 0 Å².